The third-order valence-corrected chi connectivity index (χ3v) is 3.88. The van der Waals surface area contributed by atoms with Crippen molar-refractivity contribution in [3.63, 3.8) is 0 Å². The summed E-state index contributed by atoms with van der Waals surface area (Å²) in [7, 11) is 2.10. The van der Waals surface area contributed by atoms with Gasteiger partial charge in [-0.2, -0.15) is 0 Å². The molecule has 0 spiro atoms. The summed E-state index contributed by atoms with van der Waals surface area (Å²) in [6.07, 6.45) is 3.79. The zero-order valence-electron chi connectivity index (χ0n) is 11.6. The Morgan fingerprint density at radius 2 is 2.25 bits per heavy atom. The Morgan fingerprint density at radius 3 is 3.05 bits per heavy atom. The summed E-state index contributed by atoms with van der Waals surface area (Å²) in [6, 6.07) is 8.16. The van der Waals surface area contributed by atoms with Crippen molar-refractivity contribution >= 4 is 10.8 Å². The van der Waals surface area contributed by atoms with Gasteiger partial charge in [0.1, 0.15) is 0 Å². The van der Waals surface area contributed by atoms with Gasteiger partial charge in [0.15, 0.2) is 0 Å². The standard InChI is InChI=1S/C15H20N4O/c1-19-6-7-20-14(10-19)15(18-16)13-9-17-8-11-4-2-3-5-12(11)13/h2-5,8-9,14-15,18H,6-7,10,16H2,1H3. The minimum atomic E-state index is -0.0589. The number of hydrogen-bond acceptors (Lipinski definition) is 5. The van der Waals surface area contributed by atoms with Crippen molar-refractivity contribution in [2.75, 3.05) is 26.7 Å². The number of hydrogen-bond donors (Lipinski definition) is 2. The van der Waals surface area contributed by atoms with Crippen molar-refractivity contribution < 1.29 is 4.74 Å². The number of pyridine rings is 1. The molecule has 1 fully saturated rings. The van der Waals surface area contributed by atoms with Crippen molar-refractivity contribution in [2.24, 2.45) is 5.84 Å². The van der Waals surface area contributed by atoms with Gasteiger partial charge in [0.25, 0.3) is 0 Å². The summed E-state index contributed by atoms with van der Waals surface area (Å²) in [4.78, 5) is 6.59. The van der Waals surface area contributed by atoms with E-state index < -0.39 is 0 Å². The predicted molar refractivity (Wildman–Crippen MR) is 79.0 cm³/mol. The highest BCUT2D eigenvalue weighted by molar-refractivity contribution is 5.85. The molecule has 20 heavy (non-hydrogen) atoms. The number of ether oxygens (including phenoxy) is 1. The lowest BCUT2D eigenvalue weighted by atomic mass is 9.97. The lowest BCUT2D eigenvalue weighted by molar-refractivity contribution is -0.0391. The molecule has 0 aliphatic carbocycles. The van der Waals surface area contributed by atoms with E-state index in [9.17, 15) is 0 Å². The first-order valence-corrected chi connectivity index (χ1v) is 6.88. The van der Waals surface area contributed by atoms with Gasteiger partial charge in [0.2, 0.25) is 0 Å². The van der Waals surface area contributed by atoms with Crippen LogP contribution < -0.4 is 11.3 Å². The Kier molecular flexibility index (Phi) is 3.93. The Balaban J connectivity index is 1.98. The Labute approximate surface area is 118 Å². The topological polar surface area (TPSA) is 63.4 Å². The fourth-order valence-electron chi connectivity index (χ4n) is 2.80. The molecule has 5 heteroatoms. The van der Waals surface area contributed by atoms with E-state index in [-0.39, 0.29) is 12.1 Å². The lowest BCUT2D eigenvalue weighted by Gasteiger charge is -2.35. The number of likely N-dealkylation sites (N-methyl/N-ethyl adjacent to an activating group) is 1. The SMILES string of the molecule is CN1CCOC(C(NN)c2cncc3ccccc23)C1. The van der Waals surface area contributed by atoms with Crippen molar-refractivity contribution in [1.82, 2.24) is 15.3 Å². The van der Waals surface area contributed by atoms with Crippen LogP contribution in [0.25, 0.3) is 10.8 Å². The van der Waals surface area contributed by atoms with Gasteiger partial charge in [-0.25, -0.2) is 0 Å². The van der Waals surface area contributed by atoms with Crippen LogP contribution in [0.2, 0.25) is 0 Å². The van der Waals surface area contributed by atoms with Gasteiger partial charge in [0, 0.05) is 30.9 Å². The van der Waals surface area contributed by atoms with Crippen LogP contribution in [0.4, 0.5) is 0 Å². The summed E-state index contributed by atoms with van der Waals surface area (Å²) < 4.78 is 5.89. The third-order valence-electron chi connectivity index (χ3n) is 3.88. The lowest BCUT2D eigenvalue weighted by Crippen LogP contribution is -2.48. The molecule has 1 aromatic heterocycles. The highest BCUT2D eigenvalue weighted by atomic mass is 16.5. The van der Waals surface area contributed by atoms with Crippen LogP contribution in [0.1, 0.15) is 11.6 Å². The van der Waals surface area contributed by atoms with E-state index in [1.807, 2.05) is 24.5 Å². The van der Waals surface area contributed by atoms with Gasteiger partial charge in [0.05, 0.1) is 18.8 Å². The average Bonchev–Trinajstić information content (AvgIpc) is 2.48. The number of hydrazine groups is 1. The molecule has 1 aromatic carbocycles. The van der Waals surface area contributed by atoms with E-state index in [4.69, 9.17) is 10.6 Å². The van der Waals surface area contributed by atoms with Crippen LogP contribution in [-0.2, 0) is 4.74 Å². The molecule has 0 amide bonds. The molecule has 1 aliphatic heterocycles. The second-order valence-electron chi connectivity index (χ2n) is 5.27. The van der Waals surface area contributed by atoms with Gasteiger partial charge < -0.3 is 9.64 Å². The molecular formula is C15H20N4O. The molecule has 2 heterocycles. The van der Waals surface area contributed by atoms with Crippen LogP contribution >= 0.6 is 0 Å². The molecule has 3 N–H and O–H groups in total. The van der Waals surface area contributed by atoms with Gasteiger partial charge in [-0.15, -0.1) is 0 Å². The summed E-state index contributed by atoms with van der Waals surface area (Å²) in [6.45, 7) is 2.55. The van der Waals surface area contributed by atoms with Crippen molar-refractivity contribution in [3.8, 4) is 0 Å². The Bertz CT molecular complexity index is 584. The number of nitrogens with one attached hydrogen (secondary N) is 1. The zero-order chi connectivity index (χ0) is 13.9. The van der Waals surface area contributed by atoms with Crippen molar-refractivity contribution in [1.29, 1.82) is 0 Å². The van der Waals surface area contributed by atoms with E-state index >= 15 is 0 Å². The van der Waals surface area contributed by atoms with Crippen molar-refractivity contribution in [2.45, 2.75) is 12.1 Å². The minimum Gasteiger partial charge on any atom is -0.374 e. The number of nitrogens with zero attached hydrogens (tertiary/aromatic N) is 2. The summed E-state index contributed by atoms with van der Waals surface area (Å²) in [5.74, 6) is 5.80. The third kappa shape index (κ3) is 2.53. The van der Waals surface area contributed by atoms with E-state index in [0.29, 0.717) is 0 Å². The van der Waals surface area contributed by atoms with Gasteiger partial charge in [-0.3, -0.25) is 16.3 Å². The predicted octanol–water partition coefficient (Wildman–Crippen LogP) is 1.07. The number of fused-ring (bicyclic) bond motifs is 1. The average molecular weight is 272 g/mol. The monoisotopic (exact) mass is 272 g/mol. The molecule has 0 radical (unpaired) electrons. The maximum Gasteiger partial charge on any atom is 0.0910 e. The molecule has 3 rings (SSSR count). The molecule has 0 bridgehead atoms. The first-order valence-electron chi connectivity index (χ1n) is 6.88. The van der Waals surface area contributed by atoms with E-state index in [1.54, 1.807) is 0 Å². The molecule has 2 atom stereocenters. The first-order chi connectivity index (χ1) is 9.79. The fraction of sp³-hybridized carbons (Fsp3) is 0.400. The van der Waals surface area contributed by atoms with Crippen LogP contribution in [0, 0.1) is 0 Å². The maximum absolute atomic E-state index is 5.89. The Morgan fingerprint density at radius 1 is 1.40 bits per heavy atom. The molecule has 0 saturated carbocycles. The molecule has 106 valence electrons. The van der Waals surface area contributed by atoms with Crippen LogP contribution in [0.3, 0.4) is 0 Å². The highest BCUT2D eigenvalue weighted by Gasteiger charge is 2.28. The number of rotatable bonds is 3. The van der Waals surface area contributed by atoms with Crippen LogP contribution in [0.15, 0.2) is 36.7 Å². The first kappa shape index (κ1) is 13.5. The van der Waals surface area contributed by atoms with Crippen LogP contribution in [-0.4, -0.2) is 42.7 Å². The second kappa shape index (κ2) is 5.85. The molecule has 2 aromatic rings. The molecular weight excluding hydrogens is 252 g/mol. The largest absolute Gasteiger partial charge is 0.374 e. The zero-order valence-corrected chi connectivity index (χ0v) is 11.6. The summed E-state index contributed by atoms with van der Waals surface area (Å²) >= 11 is 0. The second-order valence-corrected chi connectivity index (χ2v) is 5.27. The van der Waals surface area contributed by atoms with Gasteiger partial charge in [-0.1, -0.05) is 24.3 Å². The molecule has 1 saturated heterocycles. The summed E-state index contributed by atoms with van der Waals surface area (Å²) in [5.41, 5.74) is 4.00. The van der Waals surface area contributed by atoms with E-state index in [2.05, 4.69) is 34.5 Å². The number of benzene rings is 1. The van der Waals surface area contributed by atoms with Gasteiger partial charge >= 0.3 is 0 Å². The smallest absolute Gasteiger partial charge is 0.0910 e. The highest BCUT2D eigenvalue weighted by Crippen LogP contribution is 2.27. The van der Waals surface area contributed by atoms with Crippen LogP contribution in [0.5, 0.6) is 0 Å². The maximum atomic E-state index is 5.89. The number of nitrogens with two attached hydrogens (primary N) is 1. The minimum absolute atomic E-state index is 0.0337. The van der Waals surface area contributed by atoms with Crippen molar-refractivity contribution in [3.05, 3.63) is 42.2 Å². The number of aromatic nitrogens is 1. The molecule has 5 nitrogen and oxygen atoms in total. The fourth-order valence-corrected chi connectivity index (χ4v) is 2.80. The quantitative estimate of drug-likeness (QED) is 0.646. The van der Waals surface area contributed by atoms with Gasteiger partial charge in [-0.05, 0) is 18.0 Å². The molecule has 2 unspecified atom stereocenters. The Hall–Kier alpha value is -1.53. The van der Waals surface area contributed by atoms with E-state index in [0.717, 1.165) is 30.6 Å². The van der Waals surface area contributed by atoms with E-state index in [1.165, 1.54) is 5.39 Å². The summed E-state index contributed by atoms with van der Waals surface area (Å²) in [5, 5.41) is 2.29. The molecule has 1 aliphatic rings. The number of morpholine rings is 1. The normalized spacial score (nSPS) is 22.0.